The van der Waals surface area contributed by atoms with Crippen molar-refractivity contribution in [3.05, 3.63) is 24.9 Å². The van der Waals surface area contributed by atoms with Crippen molar-refractivity contribution in [3.63, 3.8) is 0 Å². The van der Waals surface area contributed by atoms with E-state index >= 15 is 0 Å². The lowest BCUT2D eigenvalue weighted by atomic mass is 9.86. The monoisotopic (exact) mass is 301 g/mol. The summed E-state index contributed by atoms with van der Waals surface area (Å²) in [5.74, 6) is 1.10. The summed E-state index contributed by atoms with van der Waals surface area (Å²) in [6.45, 7) is 3.41. The van der Waals surface area contributed by atoms with E-state index in [9.17, 15) is 4.79 Å². The van der Waals surface area contributed by atoms with Gasteiger partial charge in [-0.2, -0.15) is 10.2 Å². The Morgan fingerprint density at radius 3 is 2.59 bits per heavy atom. The molecule has 5 nitrogen and oxygen atoms in total. The van der Waals surface area contributed by atoms with Crippen LogP contribution in [0.4, 0.5) is 5.69 Å². The summed E-state index contributed by atoms with van der Waals surface area (Å²) in [4.78, 5) is 16.7. The van der Waals surface area contributed by atoms with Gasteiger partial charge < -0.3 is 9.80 Å². The fourth-order valence-corrected chi connectivity index (χ4v) is 3.45. The van der Waals surface area contributed by atoms with Crippen molar-refractivity contribution >= 4 is 11.6 Å². The molecule has 0 spiro atoms. The van der Waals surface area contributed by atoms with Crippen LogP contribution in [0.25, 0.3) is 0 Å². The topological polar surface area (TPSA) is 49.3 Å². The van der Waals surface area contributed by atoms with Crippen LogP contribution in [-0.4, -0.2) is 47.2 Å². The second-order valence-electron chi connectivity index (χ2n) is 6.32. The van der Waals surface area contributed by atoms with Gasteiger partial charge in [0.1, 0.15) is 0 Å². The van der Waals surface area contributed by atoms with Crippen LogP contribution >= 0.6 is 0 Å². The smallest absolute Gasteiger partial charge is 0.222 e. The highest BCUT2D eigenvalue weighted by Gasteiger charge is 2.22. The second kappa shape index (κ2) is 7.56. The van der Waals surface area contributed by atoms with Crippen molar-refractivity contribution in [3.8, 4) is 0 Å². The molecular formula is C17H25N4O. The van der Waals surface area contributed by atoms with Gasteiger partial charge in [0.25, 0.3) is 0 Å². The SMILES string of the molecule is O=C(CCC1CC[CH]CC1)N1CCN(c2ccnnc2)CC1. The van der Waals surface area contributed by atoms with Gasteiger partial charge in [0.15, 0.2) is 0 Å². The summed E-state index contributed by atoms with van der Waals surface area (Å²) in [5.41, 5.74) is 1.10. The number of nitrogens with zero attached hydrogens (tertiary/aromatic N) is 4. The molecule has 1 aliphatic carbocycles. The molecule has 0 N–H and O–H groups in total. The molecule has 0 aromatic carbocycles. The summed E-state index contributed by atoms with van der Waals surface area (Å²) in [5, 5.41) is 7.73. The molecule has 1 amide bonds. The first kappa shape index (κ1) is 15.3. The predicted octanol–water partition coefficient (Wildman–Crippen LogP) is 2.30. The maximum Gasteiger partial charge on any atom is 0.222 e. The maximum absolute atomic E-state index is 12.4. The third-order valence-corrected chi connectivity index (χ3v) is 4.89. The molecule has 1 saturated carbocycles. The van der Waals surface area contributed by atoms with Gasteiger partial charge in [-0.05, 0) is 37.7 Å². The molecule has 119 valence electrons. The Bertz CT molecular complexity index is 465. The highest BCUT2D eigenvalue weighted by atomic mass is 16.2. The molecule has 5 heteroatoms. The van der Waals surface area contributed by atoms with Crippen LogP contribution in [0.15, 0.2) is 18.5 Å². The number of hydrogen-bond donors (Lipinski definition) is 0. The largest absolute Gasteiger partial charge is 0.367 e. The Balaban J connectivity index is 1.41. The van der Waals surface area contributed by atoms with E-state index in [4.69, 9.17) is 0 Å². The molecule has 1 aromatic heterocycles. The first-order valence-electron chi connectivity index (χ1n) is 8.44. The van der Waals surface area contributed by atoms with Crippen molar-refractivity contribution < 1.29 is 4.79 Å². The zero-order chi connectivity index (χ0) is 15.2. The van der Waals surface area contributed by atoms with Crippen LogP contribution < -0.4 is 4.90 Å². The summed E-state index contributed by atoms with van der Waals surface area (Å²) in [6.07, 6.45) is 12.7. The average molecular weight is 301 g/mol. The van der Waals surface area contributed by atoms with Gasteiger partial charge in [-0.25, -0.2) is 0 Å². The molecule has 1 saturated heterocycles. The molecule has 0 bridgehead atoms. The van der Waals surface area contributed by atoms with Gasteiger partial charge in [-0.15, -0.1) is 0 Å². The first-order chi connectivity index (χ1) is 10.8. The Hall–Kier alpha value is -1.65. The van der Waals surface area contributed by atoms with Crippen LogP contribution in [0.3, 0.4) is 0 Å². The fourth-order valence-electron chi connectivity index (χ4n) is 3.45. The molecular weight excluding hydrogens is 276 g/mol. The number of carbonyl (C=O) groups excluding carboxylic acids is 1. The predicted molar refractivity (Wildman–Crippen MR) is 86.3 cm³/mol. The van der Waals surface area contributed by atoms with E-state index in [1.807, 2.05) is 11.0 Å². The molecule has 1 aromatic rings. The van der Waals surface area contributed by atoms with Crippen molar-refractivity contribution in [1.29, 1.82) is 0 Å². The maximum atomic E-state index is 12.4. The molecule has 0 unspecified atom stereocenters. The fraction of sp³-hybridized carbons (Fsp3) is 0.647. The Kier molecular flexibility index (Phi) is 5.24. The van der Waals surface area contributed by atoms with E-state index in [2.05, 4.69) is 21.5 Å². The van der Waals surface area contributed by atoms with Crippen LogP contribution in [0.5, 0.6) is 0 Å². The molecule has 2 aliphatic rings. The van der Waals surface area contributed by atoms with E-state index in [1.54, 1.807) is 12.4 Å². The Labute approximate surface area is 132 Å². The van der Waals surface area contributed by atoms with Gasteiger partial charge in [-0.1, -0.05) is 12.8 Å². The molecule has 1 radical (unpaired) electrons. The van der Waals surface area contributed by atoms with Crippen molar-refractivity contribution in [2.24, 2.45) is 5.92 Å². The number of rotatable bonds is 4. The van der Waals surface area contributed by atoms with E-state index in [-0.39, 0.29) is 0 Å². The number of aromatic nitrogens is 2. The average Bonchev–Trinajstić information content (AvgIpc) is 2.61. The minimum Gasteiger partial charge on any atom is -0.367 e. The minimum atomic E-state index is 0.335. The van der Waals surface area contributed by atoms with Crippen LogP contribution in [-0.2, 0) is 4.79 Å². The number of anilines is 1. The highest BCUT2D eigenvalue weighted by Crippen LogP contribution is 2.27. The van der Waals surface area contributed by atoms with Gasteiger partial charge in [0.05, 0.1) is 18.1 Å². The van der Waals surface area contributed by atoms with Crippen molar-refractivity contribution in [1.82, 2.24) is 15.1 Å². The summed E-state index contributed by atoms with van der Waals surface area (Å²) >= 11 is 0. The van der Waals surface area contributed by atoms with Crippen LogP contribution in [0.1, 0.15) is 38.5 Å². The molecule has 1 aliphatic heterocycles. The molecule has 22 heavy (non-hydrogen) atoms. The Morgan fingerprint density at radius 2 is 1.91 bits per heavy atom. The second-order valence-corrected chi connectivity index (χ2v) is 6.32. The standard InChI is InChI=1S/C17H25N4O/c22-17(7-6-15-4-2-1-3-5-15)21-12-10-20(11-13-21)16-8-9-18-19-14-16/h1,8-9,14-15H,2-7,10-13H2. The third-order valence-electron chi connectivity index (χ3n) is 4.89. The highest BCUT2D eigenvalue weighted by molar-refractivity contribution is 5.76. The van der Waals surface area contributed by atoms with Gasteiger partial charge in [-0.3, -0.25) is 4.79 Å². The minimum absolute atomic E-state index is 0.335. The van der Waals surface area contributed by atoms with E-state index in [1.165, 1.54) is 25.7 Å². The van der Waals surface area contributed by atoms with Crippen molar-refractivity contribution in [2.45, 2.75) is 38.5 Å². The summed E-state index contributed by atoms with van der Waals surface area (Å²) < 4.78 is 0. The van der Waals surface area contributed by atoms with Gasteiger partial charge in [0, 0.05) is 32.6 Å². The lowest BCUT2D eigenvalue weighted by Gasteiger charge is -2.36. The van der Waals surface area contributed by atoms with Crippen LogP contribution in [0, 0.1) is 12.3 Å². The number of piperazine rings is 1. The van der Waals surface area contributed by atoms with E-state index in [0.717, 1.165) is 50.6 Å². The number of amides is 1. The molecule has 3 rings (SSSR count). The normalized spacial score (nSPS) is 20.2. The summed E-state index contributed by atoms with van der Waals surface area (Å²) in [6, 6.07) is 1.98. The quantitative estimate of drug-likeness (QED) is 0.856. The summed E-state index contributed by atoms with van der Waals surface area (Å²) in [7, 11) is 0. The van der Waals surface area contributed by atoms with Crippen LogP contribution in [0.2, 0.25) is 0 Å². The Morgan fingerprint density at radius 1 is 1.14 bits per heavy atom. The molecule has 2 heterocycles. The number of carbonyl (C=O) groups is 1. The molecule has 2 fully saturated rings. The van der Waals surface area contributed by atoms with E-state index < -0.39 is 0 Å². The zero-order valence-electron chi connectivity index (χ0n) is 13.2. The number of hydrogen-bond acceptors (Lipinski definition) is 4. The molecule has 0 atom stereocenters. The zero-order valence-corrected chi connectivity index (χ0v) is 13.2. The lowest BCUT2D eigenvalue weighted by Crippen LogP contribution is -2.48. The third kappa shape index (κ3) is 3.96. The van der Waals surface area contributed by atoms with Crippen molar-refractivity contribution in [2.75, 3.05) is 31.1 Å². The lowest BCUT2D eigenvalue weighted by molar-refractivity contribution is -0.131. The van der Waals surface area contributed by atoms with E-state index in [0.29, 0.717) is 5.91 Å². The van der Waals surface area contributed by atoms with Gasteiger partial charge in [0.2, 0.25) is 5.91 Å². The van der Waals surface area contributed by atoms with Gasteiger partial charge >= 0.3 is 0 Å². The first-order valence-corrected chi connectivity index (χ1v) is 8.44.